The Bertz CT molecular complexity index is 519. The van der Waals surface area contributed by atoms with Crippen molar-refractivity contribution in [2.75, 3.05) is 25.5 Å². The lowest BCUT2D eigenvalue weighted by Crippen LogP contribution is -2.57. The number of amides is 2. The molecule has 0 radical (unpaired) electrons. The van der Waals surface area contributed by atoms with Crippen LogP contribution in [0.1, 0.15) is 19.8 Å². The predicted molar refractivity (Wildman–Crippen MR) is 91.8 cm³/mol. The van der Waals surface area contributed by atoms with E-state index in [2.05, 4.69) is 16.0 Å². The number of halogens is 1. The van der Waals surface area contributed by atoms with Crippen LogP contribution in [0.25, 0.3) is 0 Å². The van der Waals surface area contributed by atoms with Crippen molar-refractivity contribution in [3.63, 3.8) is 0 Å². The summed E-state index contributed by atoms with van der Waals surface area (Å²) in [6.07, 6.45) is 1.20. The number of anilines is 1. The minimum Gasteiger partial charge on any atom is -0.368 e. The summed E-state index contributed by atoms with van der Waals surface area (Å²) in [5, 5.41) is 8.73. The summed E-state index contributed by atoms with van der Waals surface area (Å²) >= 11 is 0. The number of carbonyl (C=O) groups excluding carboxylic acids is 2. The Morgan fingerprint density at radius 3 is 2.39 bits per heavy atom. The lowest BCUT2D eigenvalue weighted by molar-refractivity contribution is -0.148. The number of para-hydroxylation sites is 1. The van der Waals surface area contributed by atoms with E-state index in [0.29, 0.717) is 18.5 Å². The highest BCUT2D eigenvalue weighted by Crippen LogP contribution is 2.22. The second kappa shape index (κ2) is 8.86. The second-order valence-electron chi connectivity index (χ2n) is 5.50. The van der Waals surface area contributed by atoms with E-state index in [1.165, 1.54) is 0 Å². The van der Waals surface area contributed by atoms with Gasteiger partial charge in [0, 0.05) is 12.8 Å². The number of ether oxygens (including phenoxy) is 1. The monoisotopic (exact) mass is 341 g/mol. The first kappa shape index (κ1) is 19.4. The summed E-state index contributed by atoms with van der Waals surface area (Å²) in [7, 11) is 1.54. The predicted octanol–water partition coefficient (Wildman–Crippen LogP) is 1.32. The zero-order valence-electron chi connectivity index (χ0n) is 13.4. The van der Waals surface area contributed by atoms with E-state index in [1.54, 1.807) is 26.2 Å². The van der Waals surface area contributed by atoms with E-state index in [-0.39, 0.29) is 24.2 Å². The van der Waals surface area contributed by atoms with Crippen LogP contribution in [0, 0.1) is 0 Å². The summed E-state index contributed by atoms with van der Waals surface area (Å²) in [5.74, 6) is -0.480. The fourth-order valence-electron chi connectivity index (χ4n) is 2.52. The van der Waals surface area contributed by atoms with E-state index in [1.807, 2.05) is 18.2 Å². The third kappa shape index (κ3) is 4.92. The van der Waals surface area contributed by atoms with Crippen molar-refractivity contribution in [2.24, 2.45) is 0 Å². The normalized spacial score (nSPS) is 17.5. The smallest absolute Gasteiger partial charge is 0.252 e. The van der Waals surface area contributed by atoms with Crippen molar-refractivity contribution in [1.29, 1.82) is 0 Å². The molecule has 7 heteroatoms. The number of hydrogen-bond donors (Lipinski definition) is 3. The summed E-state index contributed by atoms with van der Waals surface area (Å²) in [6, 6.07) is 8.53. The third-order valence-corrected chi connectivity index (χ3v) is 4.00. The van der Waals surface area contributed by atoms with Gasteiger partial charge in [-0.1, -0.05) is 18.2 Å². The maximum Gasteiger partial charge on any atom is 0.252 e. The highest BCUT2D eigenvalue weighted by atomic mass is 35.5. The molecule has 1 aromatic carbocycles. The Balaban J connectivity index is 0.00000264. The van der Waals surface area contributed by atoms with Gasteiger partial charge in [0.1, 0.15) is 11.6 Å². The van der Waals surface area contributed by atoms with Gasteiger partial charge in [0.05, 0.1) is 0 Å². The maximum absolute atomic E-state index is 12.5. The molecule has 23 heavy (non-hydrogen) atoms. The molecule has 2 amide bonds. The fourth-order valence-corrected chi connectivity index (χ4v) is 2.52. The third-order valence-electron chi connectivity index (χ3n) is 4.00. The highest BCUT2D eigenvalue weighted by Gasteiger charge is 2.40. The van der Waals surface area contributed by atoms with Crippen LogP contribution in [0.2, 0.25) is 0 Å². The molecule has 1 aromatic rings. The fraction of sp³-hybridized carbons (Fsp3) is 0.500. The van der Waals surface area contributed by atoms with E-state index >= 15 is 0 Å². The standard InChI is InChI=1S/C16H23N3O3.ClH/c1-12(14(20)19-13-6-4-3-5-7-13)18-15(21)16(22-2)8-10-17-11-9-16;/h3-7,12,17H,8-11H2,1-2H3,(H,18,21)(H,19,20);1H. The Morgan fingerprint density at radius 2 is 1.83 bits per heavy atom. The van der Waals surface area contributed by atoms with E-state index in [9.17, 15) is 9.59 Å². The maximum atomic E-state index is 12.5. The first-order valence-corrected chi connectivity index (χ1v) is 7.50. The molecule has 1 atom stereocenters. The average molecular weight is 342 g/mol. The number of methoxy groups -OCH3 is 1. The van der Waals surface area contributed by atoms with Gasteiger partial charge in [-0.05, 0) is 45.0 Å². The lowest BCUT2D eigenvalue weighted by Gasteiger charge is -2.35. The molecular weight excluding hydrogens is 318 g/mol. The summed E-state index contributed by atoms with van der Waals surface area (Å²) in [5.41, 5.74) is -0.135. The number of carbonyl (C=O) groups is 2. The molecule has 0 bridgehead atoms. The Hall–Kier alpha value is -1.63. The van der Waals surface area contributed by atoms with Crippen molar-refractivity contribution < 1.29 is 14.3 Å². The molecule has 0 saturated carbocycles. The van der Waals surface area contributed by atoms with Crippen molar-refractivity contribution in [1.82, 2.24) is 10.6 Å². The van der Waals surface area contributed by atoms with Crippen molar-refractivity contribution in [3.8, 4) is 0 Å². The largest absolute Gasteiger partial charge is 0.368 e. The van der Waals surface area contributed by atoms with Crippen LogP contribution in [0.15, 0.2) is 30.3 Å². The summed E-state index contributed by atoms with van der Waals surface area (Å²) in [4.78, 5) is 24.6. The minimum atomic E-state index is -0.841. The molecule has 6 nitrogen and oxygen atoms in total. The van der Waals surface area contributed by atoms with Crippen LogP contribution in [0.3, 0.4) is 0 Å². The van der Waals surface area contributed by atoms with Crippen molar-refractivity contribution >= 4 is 29.9 Å². The van der Waals surface area contributed by atoms with Crippen LogP contribution in [-0.4, -0.2) is 43.7 Å². The van der Waals surface area contributed by atoms with Gasteiger partial charge in [0.15, 0.2) is 0 Å². The van der Waals surface area contributed by atoms with Gasteiger partial charge in [-0.25, -0.2) is 0 Å². The molecule has 1 heterocycles. The lowest BCUT2D eigenvalue weighted by atomic mass is 9.91. The topological polar surface area (TPSA) is 79.5 Å². The molecule has 128 valence electrons. The summed E-state index contributed by atoms with van der Waals surface area (Å²) < 4.78 is 5.46. The molecular formula is C16H24ClN3O3. The van der Waals surface area contributed by atoms with Crippen molar-refractivity contribution in [2.45, 2.75) is 31.4 Å². The number of piperidine rings is 1. The van der Waals surface area contributed by atoms with Gasteiger partial charge < -0.3 is 20.7 Å². The molecule has 1 aliphatic rings. The van der Waals surface area contributed by atoms with Gasteiger partial charge in [0.25, 0.3) is 5.91 Å². The Kier molecular flexibility index (Phi) is 7.48. The molecule has 1 unspecified atom stereocenters. The second-order valence-corrected chi connectivity index (χ2v) is 5.50. The number of benzene rings is 1. The van der Waals surface area contributed by atoms with Crippen LogP contribution in [0.5, 0.6) is 0 Å². The van der Waals surface area contributed by atoms with Gasteiger partial charge in [-0.15, -0.1) is 12.4 Å². The molecule has 1 aliphatic heterocycles. The molecule has 2 rings (SSSR count). The Labute approximate surface area is 142 Å². The van der Waals surface area contributed by atoms with Crippen LogP contribution < -0.4 is 16.0 Å². The van der Waals surface area contributed by atoms with Crippen LogP contribution >= 0.6 is 12.4 Å². The van der Waals surface area contributed by atoms with Gasteiger partial charge in [-0.2, -0.15) is 0 Å². The molecule has 1 saturated heterocycles. The van der Waals surface area contributed by atoms with E-state index < -0.39 is 11.6 Å². The molecule has 0 aromatic heterocycles. The van der Waals surface area contributed by atoms with Gasteiger partial charge >= 0.3 is 0 Å². The van der Waals surface area contributed by atoms with E-state index in [0.717, 1.165) is 13.1 Å². The summed E-state index contributed by atoms with van der Waals surface area (Å²) in [6.45, 7) is 3.12. The zero-order valence-corrected chi connectivity index (χ0v) is 14.2. The highest BCUT2D eigenvalue weighted by molar-refractivity contribution is 5.98. The number of hydrogen-bond acceptors (Lipinski definition) is 4. The van der Waals surface area contributed by atoms with Crippen LogP contribution in [0.4, 0.5) is 5.69 Å². The van der Waals surface area contributed by atoms with E-state index in [4.69, 9.17) is 4.74 Å². The van der Waals surface area contributed by atoms with Gasteiger partial charge in [0.2, 0.25) is 5.91 Å². The SMILES string of the molecule is COC1(C(=O)NC(C)C(=O)Nc2ccccc2)CCNCC1.Cl. The zero-order chi connectivity index (χ0) is 16.0. The van der Waals surface area contributed by atoms with Gasteiger partial charge in [-0.3, -0.25) is 9.59 Å². The first-order valence-electron chi connectivity index (χ1n) is 7.50. The molecule has 1 fully saturated rings. The first-order chi connectivity index (χ1) is 10.6. The van der Waals surface area contributed by atoms with Crippen LogP contribution in [-0.2, 0) is 14.3 Å². The Morgan fingerprint density at radius 1 is 1.22 bits per heavy atom. The number of nitrogens with one attached hydrogen (secondary N) is 3. The number of rotatable bonds is 5. The minimum absolute atomic E-state index is 0. The van der Waals surface area contributed by atoms with Crippen molar-refractivity contribution in [3.05, 3.63) is 30.3 Å². The average Bonchev–Trinajstić information content (AvgIpc) is 2.56. The molecule has 0 spiro atoms. The molecule has 0 aliphatic carbocycles. The molecule has 3 N–H and O–H groups in total. The quantitative estimate of drug-likeness (QED) is 0.754.